The Hall–Kier alpha value is -3.68. The highest BCUT2D eigenvalue weighted by Crippen LogP contribution is 2.32. The van der Waals surface area contributed by atoms with Crippen LogP contribution in [-0.2, 0) is 13.0 Å². The smallest absolute Gasteiger partial charge is 0.516 e. The van der Waals surface area contributed by atoms with Crippen LogP contribution < -0.4 is 9.47 Å². The van der Waals surface area contributed by atoms with Gasteiger partial charge in [-0.05, 0) is 68.3 Å². The average molecular weight is 490 g/mol. The number of nitrogens with zero attached hydrogens (tertiary/aromatic N) is 1. The van der Waals surface area contributed by atoms with Gasteiger partial charge in [0.05, 0.1) is 18.9 Å². The first-order valence-electron chi connectivity index (χ1n) is 11.1. The fourth-order valence-corrected chi connectivity index (χ4v) is 3.61. The summed E-state index contributed by atoms with van der Waals surface area (Å²) in [6.07, 6.45) is 2.93. The van der Waals surface area contributed by atoms with Gasteiger partial charge in [0.15, 0.2) is 5.78 Å². The normalized spacial score (nSPS) is 11.6. The number of Topliss-reactive ketones (excluding diaryl/α,β-unsaturated/α-hetero) is 1. The van der Waals surface area contributed by atoms with E-state index >= 15 is 0 Å². The second-order valence-corrected chi connectivity index (χ2v) is 7.59. The molecule has 3 rings (SSSR count). The number of hydrogen-bond acceptors (Lipinski definition) is 4. The van der Waals surface area contributed by atoms with Crippen molar-refractivity contribution in [3.05, 3.63) is 83.8 Å². The lowest BCUT2D eigenvalue weighted by atomic mass is 10.0. The molecule has 0 saturated carbocycles. The van der Waals surface area contributed by atoms with Crippen molar-refractivity contribution in [3.63, 3.8) is 0 Å². The molecule has 1 N–H and O–H groups in total. The lowest BCUT2D eigenvalue weighted by molar-refractivity contribution is -0.274. The lowest BCUT2D eigenvalue weighted by Gasteiger charge is -2.10. The SMILES string of the molecule is C/C=C\CC.COc1ccc(C(=O)Cc2c(C)n(C/C=C/O)c3cc(OC(F)(F)F)ccc23)cc1. The molecule has 0 unspecified atom stereocenters. The van der Waals surface area contributed by atoms with Crippen molar-refractivity contribution in [2.24, 2.45) is 0 Å². The molecule has 0 aliphatic rings. The summed E-state index contributed by atoms with van der Waals surface area (Å²) in [6.45, 7) is 6.17. The van der Waals surface area contributed by atoms with Crippen LogP contribution in [0, 0.1) is 6.92 Å². The molecule has 0 aliphatic carbocycles. The van der Waals surface area contributed by atoms with Gasteiger partial charge in [0, 0.05) is 35.7 Å². The van der Waals surface area contributed by atoms with Gasteiger partial charge in [0.1, 0.15) is 11.5 Å². The number of ether oxygens (including phenoxy) is 2. The third-order valence-corrected chi connectivity index (χ3v) is 5.27. The number of rotatable bonds is 8. The molecule has 188 valence electrons. The first-order valence-corrected chi connectivity index (χ1v) is 11.1. The number of allylic oxidation sites excluding steroid dienone is 3. The van der Waals surface area contributed by atoms with Crippen LogP contribution in [0.3, 0.4) is 0 Å². The number of ketones is 1. The highest BCUT2D eigenvalue weighted by Gasteiger charge is 2.31. The molecule has 0 atom stereocenters. The van der Waals surface area contributed by atoms with E-state index in [1.54, 1.807) is 35.8 Å². The predicted molar refractivity (Wildman–Crippen MR) is 131 cm³/mol. The van der Waals surface area contributed by atoms with Crippen molar-refractivity contribution in [1.29, 1.82) is 0 Å². The fourth-order valence-electron chi connectivity index (χ4n) is 3.61. The van der Waals surface area contributed by atoms with Crippen molar-refractivity contribution in [1.82, 2.24) is 4.57 Å². The van der Waals surface area contributed by atoms with Gasteiger partial charge >= 0.3 is 6.36 Å². The van der Waals surface area contributed by atoms with E-state index in [1.165, 1.54) is 31.4 Å². The van der Waals surface area contributed by atoms with E-state index in [9.17, 15) is 18.0 Å². The number of carbonyl (C=O) groups is 1. The Morgan fingerprint density at radius 1 is 1.09 bits per heavy atom. The molecular formula is C27H30F3NO4. The Labute approximate surface area is 203 Å². The Kier molecular flexibility index (Phi) is 9.99. The molecule has 1 heterocycles. The second kappa shape index (κ2) is 12.7. The van der Waals surface area contributed by atoms with Gasteiger partial charge in [0.2, 0.25) is 0 Å². The van der Waals surface area contributed by atoms with E-state index in [0.717, 1.165) is 12.7 Å². The van der Waals surface area contributed by atoms with E-state index in [1.807, 2.05) is 6.92 Å². The number of alkyl halides is 3. The number of benzene rings is 2. The van der Waals surface area contributed by atoms with E-state index in [0.29, 0.717) is 33.5 Å². The number of fused-ring (bicyclic) bond motifs is 1. The minimum Gasteiger partial charge on any atom is -0.516 e. The highest BCUT2D eigenvalue weighted by molar-refractivity contribution is 6.00. The molecule has 3 aromatic rings. The fraction of sp³-hybridized carbons (Fsp3) is 0.296. The summed E-state index contributed by atoms with van der Waals surface area (Å²) >= 11 is 0. The molecule has 1 aromatic heterocycles. The monoisotopic (exact) mass is 489 g/mol. The minimum absolute atomic E-state index is 0.0734. The van der Waals surface area contributed by atoms with Crippen molar-refractivity contribution in [2.75, 3.05) is 7.11 Å². The molecule has 0 spiro atoms. The van der Waals surface area contributed by atoms with Gasteiger partial charge in [-0.2, -0.15) is 0 Å². The molecule has 5 nitrogen and oxygen atoms in total. The van der Waals surface area contributed by atoms with Crippen LogP contribution in [0.2, 0.25) is 0 Å². The van der Waals surface area contributed by atoms with Crippen molar-refractivity contribution < 1.29 is 32.5 Å². The quantitative estimate of drug-likeness (QED) is 0.204. The van der Waals surface area contributed by atoms with Gasteiger partial charge in [-0.3, -0.25) is 4.79 Å². The number of carbonyl (C=O) groups excluding carboxylic acids is 1. The zero-order chi connectivity index (χ0) is 26.0. The summed E-state index contributed by atoms with van der Waals surface area (Å²) in [5.74, 6) is 0.148. The number of methoxy groups -OCH3 is 1. The summed E-state index contributed by atoms with van der Waals surface area (Å²) < 4.78 is 48.7. The molecule has 0 fully saturated rings. The summed E-state index contributed by atoms with van der Waals surface area (Å²) in [5, 5.41) is 9.66. The topological polar surface area (TPSA) is 60.7 Å². The highest BCUT2D eigenvalue weighted by atomic mass is 19.4. The summed E-state index contributed by atoms with van der Waals surface area (Å²) in [7, 11) is 1.53. The van der Waals surface area contributed by atoms with Crippen LogP contribution in [0.15, 0.2) is 67.0 Å². The van der Waals surface area contributed by atoms with Gasteiger partial charge in [0.25, 0.3) is 0 Å². The zero-order valence-corrected chi connectivity index (χ0v) is 20.2. The number of aliphatic hydroxyl groups is 1. The first-order chi connectivity index (χ1) is 16.6. The van der Waals surface area contributed by atoms with Gasteiger partial charge in [-0.1, -0.05) is 19.1 Å². The summed E-state index contributed by atoms with van der Waals surface area (Å²) in [5.41, 5.74) is 2.40. The van der Waals surface area contributed by atoms with Crippen LogP contribution >= 0.6 is 0 Å². The summed E-state index contributed by atoms with van der Waals surface area (Å²) in [4.78, 5) is 12.8. The Bertz CT molecular complexity index is 1180. The van der Waals surface area contributed by atoms with Crippen LogP contribution in [0.5, 0.6) is 11.5 Å². The Balaban J connectivity index is 0.000000784. The van der Waals surface area contributed by atoms with Crippen molar-refractivity contribution in [2.45, 2.75) is 46.5 Å². The Morgan fingerprint density at radius 3 is 2.26 bits per heavy atom. The van der Waals surface area contributed by atoms with Crippen LogP contribution in [0.4, 0.5) is 13.2 Å². The van der Waals surface area contributed by atoms with E-state index in [2.05, 4.69) is 23.8 Å². The third kappa shape index (κ3) is 7.67. The van der Waals surface area contributed by atoms with Gasteiger partial charge in [-0.15, -0.1) is 13.2 Å². The van der Waals surface area contributed by atoms with E-state index in [4.69, 9.17) is 9.84 Å². The average Bonchev–Trinajstić information content (AvgIpc) is 3.07. The van der Waals surface area contributed by atoms with E-state index in [-0.39, 0.29) is 24.5 Å². The van der Waals surface area contributed by atoms with Gasteiger partial charge < -0.3 is 19.1 Å². The lowest BCUT2D eigenvalue weighted by Crippen LogP contribution is -2.17. The number of aliphatic hydroxyl groups excluding tert-OH is 1. The molecule has 0 aliphatic heterocycles. The maximum Gasteiger partial charge on any atom is 0.573 e. The molecule has 2 aromatic carbocycles. The van der Waals surface area contributed by atoms with Crippen LogP contribution in [0.1, 0.15) is 41.9 Å². The molecule has 0 bridgehead atoms. The van der Waals surface area contributed by atoms with Crippen LogP contribution in [0.25, 0.3) is 10.9 Å². The standard InChI is InChI=1S/C22H20F3NO4.C5H10/c1-14-19(13-21(28)15-4-6-16(29-2)7-5-15)18-9-8-17(30-22(23,24)25)12-20(18)26(14)10-3-11-27;1-3-5-4-2/h3-9,11-12,27H,10,13H2,1-2H3;3,5H,4H2,1-2H3/b11-3+;5-3-. The minimum atomic E-state index is -4.81. The van der Waals surface area contributed by atoms with Crippen LogP contribution in [-0.4, -0.2) is 28.9 Å². The summed E-state index contributed by atoms with van der Waals surface area (Å²) in [6, 6.07) is 10.7. The largest absolute Gasteiger partial charge is 0.573 e. The number of aromatic nitrogens is 1. The van der Waals surface area contributed by atoms with Gasteiger partial charge in [-0.25, -0.2) is 0 Å². The number of halogens is 3. The maximum absolute atomic E-state index is 12.8. The predicted octanol–water partition coefficient (Wildman–Crippen LogP) is 7.33. The number of hydrogen-bond donors (Lipinski definition) is 1. The molecule has 35 heavy (non-hydrogen) atoms. The third-order valence-electron chi connectivity index (χ3n) is 5.27. The molecule has 0 amide bonds. The molecule has 0 saturated heterocycles. The van der Waals surface area contributed by atoms with Crippen molar-refractivity contribution in [3.8, 4) is 11.5 Å². The molecule has 0 radical (unpaired) electrons. The first kappa shape index (κ1) is 27.6. The van der Waals surface area contributed by atoms with E-state index < -0.39 is 6.36 Å². The second-order valence-electron chi connectivity index (χ2n) is 7.59. The Morgan fingerprint density at radius 2 is 1.74 bits per heavy atom. The zero-order valence-electron chi connectivity index (χ0n) is 20.2. The molecule has 8 heteroatoms. The van der Waals surface area contributed by atoms with Crippen molar-refractivity contribution >= 4 is 16.7 Å². The maximum atomic E-state index is 12.8. The molecular weight excluding hydrogens is 459 g/mol.